The lowest BCUT2D eigenvalue weighted by atomic mass is 10.3. The number of hydrogen-bond acceptors (Lipinski definition) is 7. The summed E-state index contributed by atoms with van der Waals surface area (Å²) in [4.78, 5) is 22.0. The second-order valence-corrected chi connectivity index (χ2v) is 4.64. The van der Waals surface area contributed by atoms with Crippen molar-refractivity contribution in [1.82, 2.24) is 0 Å². The van der Waals surface area contributed by atoms with Crippen LogP contribution >= 0.6 is 0 Å². The predicted molar refractivity (Wildman–Crippen MR) is 82.7 cm³/mol. The van der Waals surface area contributed by atoms with Crippen molar-refractivity contribution in [2.75, 3.05) is 0 Å². The van der Waals surface area contributed by atoms with Crippen LogP contribution in [0, 0.1) is 0 Å². The quantitative estimate of drug-likeness (QED) is 0.267. The van der Waals surface area contributed by atoms with Gasteiger partial charge in [0.2, 0.25) is 5.75 Å². The van der Waals surface area contributed by atoms with E-state index < -0.39 is 24.5 Å². The topological polar surface area (TPSA) is 123 Å². The lowest BCUT2D eigenvalue weighted by Crippen LogP contribution is -2.18. The van der Waals surface area contributed by atoms with Crippen molar-refractivity contribution >= 4 is 11.9 Å². The highest BCUT2D eigenvalue weighted by atomic mass is 16.6. The van der Waals surface area contributed by atoms with Crippen molar-refractivity contribution < 1.29 is 39.1 Å². The molecule has 8 nitrogen and oxygen atoms in total. The summed E-state index contributed by atoms with van der Waals surface area (Å²) in [6.45, 7) is 3.38. The van der Waals surface area contributed by atoms with Gasteiger partial charge in [-0.05, 0) is 12.1 Å². The van der Waals surface area contributed by atoms with Gasteiger partial charge in [0.1, 0.15) is 0 Å². The molecule has 24 heavy (non-hydrogen) atoms. The smallest absolute Gasteiger partial charge is 0.336 e. The van der Waals surface area contributed by atoms with Gasteiger partial charge in [-0.15, -0.1) is 0 Å². The van der Waals surface area contributed by atoms with E-state index in [0.29, 0.717) is 12.5 Å². The molecule has 0 fully saturated rings. The van der Waals surface area contributed by atoms with Crippen molar-refractivity contribution in [3.05, 3.63) is 30.4 Å². The van der Waals surface area contributed by atoms with Crippen molar-refractivity contribution in [3.8, 4) is 17.2 Å². The van der Waals surface area contributed by atoms with Crippen molar-refractivity contribution in [2.24, 2.45) is 0 Å². The first-order valence-electron chi connectivity index (χ1n) is 7.32. The summed E-state index contributed by atoms with van der Waals surface area (Å²) in [7, 11) is 0. The third-order valence-electron chi connectivity index (χ3n) is 2.73. The molecule has 2 atom stereocenters. The molecule has 0 heterocycles. The summed E-state index contributed by atoms with van der Waals surface area (Å²) in [5.74, 6) is -2.32. The zero-order chi connectivity index (χ0) is 18.1. The number of aliphatic hydroxyl groups is 2. The Hall–Kier alpha value is -2.58. The number of aliphatic carboxylic acids is 1. The molecule has 0 spiro atoms. The predicted octanol–water partition coefficient (Wildman–Crippen LogP) is 1.45. The minimum absolute atomic E-state index is 0.0728. The second kappa shape index (κ2) is 9.53. The SMILES string of the molecule is CCC(O)Oc1cccc(OC(=O)C=CC(=O)O)c1OC(O)CC. The third-order valence-corrected chi connectivity index (χ3v) is 2.73. The molecule has 0 aliphatic rings. The van der Waals surface area contributed by atoms with Gasteiger partial charge in [-0.1, -0.05) is 19.9 Å². The Balaban J connectivity index is 3.10. The van der Waals surface area contributed by atoms with Crippen molar-refractivity contribution in [3.63, 3.8) is 0 Å². The Morgan fingerprint density at radius 1 is 1.04 bits per heavy atom. The summed E-state index contributed by atoms with van der Waals surface area (Å²) < 4.78 is 15.6. The van der Waals surface area contributed by atoms with Crippen LogP contribution in [0.25, 0.3) is 0 Å². The maximum absolute atomic E-state index is 11.6. The fourth-order valence-corrected chi connectivity index (χ4v) is 1.52. The minimum atomic E-state index is -1.30. The normalized spacial score (nSPS) is 13.3. The first-order chi connectivity index (χ1) is 11.4. The Morgan fingerprint density at radius 2 is 1.62 bits per heavy atom. The summed E-state index contributed by atoms with van der Waals surface area (Å²) in [5, 5.41) is 27.8. The number of carbonyl (C=O) groups excluding carboxylic acids is 1. The molecule has 8 heteroatoms. The first kappa shape index (κ1) is 19.5. The number of benzene rings is 1. The Bertz CT molecular complexity index is 596. The molecule has 1 aromatic rings. The molecule has 0 aliphatic carbocycles. The number of esters is 1. The average molecular weight is 340 g/mol. The van der Waals surface area contributed by atoms with Crippen LogP contribution in [0.4, 0.5) is 0 Å². The molecule has 0 bridgehead atoms. The van der Waals surface area contributed by atoms with E-state index in [2.05, 4.69) is 0 Å². The highest BCUT2D eigenvalue weighted by Crippen LogP contribution is 2.38. The van der Waals surface area contributed by atoms with Gasteiger partial charge in [0.15, 0.2) is 24.1 Å². The van der Waals surface area contributed by atoms with Gasteiger partial charge in [-0.25, -0.2) is 9.59 Å². The summed E-state index contributed by atoms with van der Waals surface area (Å²) in [5.41, 5.74) is 0. The van der Waals surface area contributed by atoms with Gasteiger partial charge in [-0.2, -0.15) is 0 Å². The Labute approximate surface area is 138 Å². The van der Waals surface area contributed by atoms with Crippen LogP contribution in [0.2, 0.25) is 0 Å². The standard InChI is InChI=1S/C16H20O8/c1-3-13(19)22-10-6-5-7-11(16(10)24-14(20)4-2)23-15(21)9-8-12(17)18/h5-9,13-14,19-20H,3-4H2,1-2H3,(H,17,18). The van der Waals surface area contributed by atoms with E-state index in [4.69, 9.17) is 19.3 Å². The van der Waals surface area contributed by atoms with Gasteiger partial charge in [-0.3, -0.25) is 0 Å². The van der Waals surface area contributed by atoms with E-state index in [1.807, 2.05) is 0 Å². The van der Waals surface area contributed by atoms with Crippen LogP contribution in [0.15, 0.2) is 30.4 Å². The molecule has 0 aliphatic heterocycles. The zero-order valence-electron chi connectivity index (χ0n) is 13.3. The number of ether oxygens (including phenoxy) is 3. The van der Waals surface area contributed by atoms with Crippen LogP contribution in [0.5, 0.6) is 17.2 Å². The molecule has 0 saturated carbocycles. The number of rotatable bonds is 9. The van der Waals surface area contributed by atoms with E-state index >= 15 is 0 Å². The lowest BCUT2D eigenvalue weighted by Gasteiger charge is -2.19. The molecule has 0 amide bonds. The molecule has 0 saturated heterocycles. The fraction of sp³-hybridized carbons (Fsp3) is 0.375. The largest absolute Gasteiger partial charge is 0.478 e. The number of para-hydroxylation sites is 1. The molecule has 3 N–H and O–H groups in total. The molecule has 2 unspecified atom stereocenters. The number of aliphatic hydroxyl groups excluding tert-OH is 2. The summed E-state index contributed by atoms with van der Waals surface area (Å²) in [6, 6.07) is 4.35. The lowest BCUT2D eigenvalue weighted by molar-refractivity contribution is -0.133. The van der Waals surface area contributed by atoms with Crippen LogP contribution < -0.4 is 14.2 Å². The molecular weight excluding hydrogens is 320 g/mol. The van der Waals surface area contributed by atoms with Gasteiger partial charge >= 0.3 is 11.9 Å². The van der Waals surface area contributed by atoms with Crippen molar-refractivity contribution in [1.29, 1.82) is 0 Å². The second-order valence-electron chi connectivity index (χ2n) is 4.64. The minimum Gasteiger partial charge on any atom is -0.478 e. The van der Waals surface area contributed by atoms with Crippen LogP contribution in [-0.2, 0) is 9.59 Å². The summed E-state index contributed by atoms with van der Waals surface area (Å²) >= 11 is 0. The van der Waals surface area contributed by atoms with Crippen LogP contribution in [-0.4, -0.2) is 39.8 Å². The fourth-order valence-electron chi connectivity index (χ4n) is 1.52. The van der Waals surface area contributed by atoms with E-state index in [-0.39, 0.29) is 23.7 Å². The maximum Gasteiger partial charge on any atom is 0.336 e. The molecule has 0 radical (unpaired) electrons. The summed E-state index contributed by atoms with van der Waals surface area (Å²) in [6.07, 6.45) is -0.357. The average Bonchev–Trinajstić information content (AvgIpc) is 2.55. The number of carboxylic acids is 1. The van der Waals surface area contributed by atoms with E-state index in [9.17, 15) is 19.8 Å². The number of hydrogen-bond donors (Lipinski definition) is 3. The number of carboxylic acid groups (broad SMARTS) is 1. The molecule has 1 rings (SSSR count). The van der Waals surface area contributed by atoms with Gasteiger partial charge in [0.05, 0.1) is 0 Å². The maximum atomic E-state index is 11.6. The third kappa shape index (κ3) is 6.27. The van der Waals surface area contributed by atoms with E-state index in [1.165, 1.54) is 18.2 Å². The van der Waals surface area contributed by atoms with E-state index in [0.717, 1.165) is 6.08 Å². The van der Waals surface area contributed by atoms with Gasteiger partial charge in [0, 0.05) is 25.0 Å². The van der Waals surface area contributed by atoms with E-state index in [1.54, 1.807) is 13.8 Å². The zero-order valence-corrected chi connectivity index (χ0v) is 13.3. The van der Waals surface area contributed by atoms with Crippen molar-refractivity contribution in [2.45, 2.75) is 39.3 Å². The highest BCUT2D eigenvalue weighted by Gasteiger charge is 2.19. The number of carbonyl (C=O) groups is 2. The van der Waals surface area contributed by atoms with Crippen LogP contribution in [0.1, 0.15) is 26.7 Å². The van der Waals surface area contributed by atoms with Crippen LogP contribution in [0.3, 0.4) is 0 Å². The van der Waals surface area contributed by atoms with Gasteiger partial charge in [0.25, 0.3) is 0 Å². The monoisotopic (exact) mass is 340 g/mol. The Morgan fingerprint density at radius 3 is 2.21 bits per heavy atom. The molecular formula is C16H20O8. The Kier molecular flexibility index (Phi) is 7.73. The highest BCUT2D eigenvalue weighted by molar-refractivity contribution is 5.92. The molecule has 1 aromatic carbocycles. The molecule has 132 valence electrons. The van der Waals surface area contributed by atoms with Gasteiger partial charge < -0.3 is 29.5 Å². The molecule has 0 aromatic heterocycles. The first-order valence-corrected chi connectivity index (χ1v) is 7.32.